The number of aromatic nitrogens is 3. The molecule has 0 unspecified atom stereocenters. The first-order valence-electron chi connectivity index (χ1n) is 13.4. The van der Waals surface area contributed by atoms with Crippen LogP contribution in [-0.4, -0.2) is 88.2 Å². The number of carbonyl (C=O) groups is 3. The molecular formula is C26H29N5O11S4. The minimum absolute atomic E-state index is 0.0918. The van der Waals surface area contributed by atoms with Crippen LogP contribution in [0.2, 0.25) is 0 Å². The highest BCUT2D eigenvalue weighted by atomic mass is 32.2. The normalized spacial score (nSPS) is 19.0. The fourth-order valence-electron chi connectivity index (χ4n) is 4.83. The summed E-state index contributed by atoms with van der Waals surface area (Å²) in [6, 6.07) is 0. The van der Waals surface area contributed by atoms with E-state index < -0.39 is 63.1 Å². The summed E-state index contributed by atoms with van der Waals surface area (Å²) in [5.41, 5.74) is -1.76. The minimum Gasteiger partial charge on any atom is -0.480 e. The summed E-state index contributed by atoms with van der Waals surface area (Å²) in [5, 5.41) is 21.7. The molecular weight excluding hydrogens is 687 g/mol. The van der Waals surface area contributed by atoms with Crippen molar-refractivity contribution in [2.24, 2.45) is 7.05 Å². The number of thioether (sulfide) groups is 2. The van der Waals surface area contributed by atoms with Crippen molar-refractivity contribution in [1.82, 2.24) is 23.5 Å². The largest absolute Gasteiger partial charge is 0.480 e. The SMILES string of the molecule is CC1=CSC(=CC(C)=c2c(=O)n(C)/c(=c3\o/c(=C4/SC(=S)N(C)C4=O)n(CC(=O)O)c3=O)n2CC(=O)O)N1CCCCS(=O)(=O)O. The number of unbranched alkanes of at least 4 members (excludes halogenated alkanes) is 1. The van der Waals surface area contributed by atoms with E-state index in [0.29, 0.717) is 28.1 Å². The van der Waals surface area contributed by atoms with Crippen LogP contribution in [0.5, 0.6) is 0 Å². The van der Waals surface area contributed by atoms with Gasteiger partial charge in [0.15, 0.2) is 5.48 Å². The van der Waals surface area contributed by atoms with E-state index in [-0.39, 0.29) is 32.2 Å². The molecule has 1 amide bonds. The van der Waals surface area contributed by atoms with Crippen LogP contribution in [0.15, 0.2) is 36.2 Å². The van der Waals surface area contributed by atoms with Crippen LogP contribution in [0.25, 0.3) is 10.5 Å². The Kier molecular flexibility index (Phi) is 10.3. The lowest BCUT2D eigenvalue weighted by Gasteiger charge is -2.21. The van der Waals surface area contributed by atoms with Crippen molar-refractivity contribution in [3.63, 3.8) is 0 Å². The molecule has 16 nitrogen and oxygen atoms in total. The summed E-state index contributed by atoms with van der Waals surface area (Å²) in [7, 11) is -1.41. The van der Waals surface area contributed by atoms with Crippen LogP contribution in [0.4, 0.5) is 0 Å². The molecule has 4 rings (SSSR count). The number of amides is 1. The van der Waals surface area contributed by atoms with Gasteiger partial charge >= 0.3 is 17.5 Å². The van der Waals surface area contributed by atoms with Crippen molar-refractivity contribution in [2.45, 2.75) is 39.8 Å². The predicted octanol–water partition coefficient (Wildman–Crippen LogP) is -0.414. The van der Waals surface area contributed by atoms with Gasteiger partial charge in [-0.05, 0) is 55.5 Å². The third kappa shape index (κ3) is 7.09. The molecule has 2 aliphatic heterocycles. The predicted molar refractivity (Wildman–Crippen MR) is 172 cm³/mol. The topological polar surface area (TPSA) is 215 Å². The molecule has 3 N–H and O–H groups in total. The van der Waals surface area contributed by atoms with Gasteiger partial charge in [0.2, 0.25) is 11.0 Å². The van der Waals surface area contributed by atoms with E-state index >= 15 is 0 Å². The standard InChI is InChI=1S/C26H29N5O11S4/c1-13(9-15-29(14(2)12-44-15)7-5-6-8-46(39,40)41)18-22(36)27(3)21(30(18)10-16(32)33)19-23(37)31(11-17(34)35)25(42-19)20-24(38)28(4)26(43)45-20/h9,12H,5-8,10-11H2,1-4H3,(H,32,33)(H,34,35)(H,39,40,41)/b15-9?,18-13?,21-19+,25-20+. The van der Waals surface area contributed by atoms with Gasteiger partial charge in [-0.15, -0.1) is 0 Å². The van der Waals surface area contributed by atoms with Crippen molar-refractivity contribution in [2.75, 3.05) is 19.3 Å². The van der Waals surface area contributed by atoms with E-state index in [4.69, 9.17) is 21.2 Å². The van der Waals surface area contributed by atoms with Crippen LogP contribution in [0.3, 0.4) is 0 Å². The van der Waals surface area contributed by atoms with E-state index in [2.05, 4.69) is 0 Å². The van der Waals surface area contributed by atoms with E-state index in [1.54, 1.807) is 13.0 Å². The Hall–Kier alpha value is -3.85. The van der Waals surface area contributed by atoms with Crippen LogP contribution >= 0.6 is 35.7 Å². The van der Waals surface area contributed by atoms with Crippen molar-refractivity contribution in [3.8, 4) is 0 Å². The number of thiocarbonyl (C=S) groups is 1. The van der Waals surface area contributed by atoms with Crippen LogP contribution < -0.4 is 22.0 Å². The molecule has 1 saturated heterocycles. The van der Waals surface area contributed by atoms with Gasteiger partial charge in [-0.25, -0.2) is 0 Å². The van der Waals surface area contributed by atoms with Crippen molar-refractivity contribution in [3.05, 3.63) is 64.7 Å². The summed E-state index contributed by atoms with van der Waals surface area (Å²) in [6.45, 7) is 2.13. The van der Waals surface area contributed by atoms with Crippen molar-refractivity contribution >= 4 is 78.5 Å². The first kappa shape index (κ1) is 35.0. The van der Waals surface area contributed by atoms with Gasteiger partial charge in [0, 0.05) is 26.3 Å². The zero-order valence-corrected chi connectivity index (χ0v) is 28.1. The monoisotopic (exact) mass is 715 g/mol. The first-order chi connectivity index (χ1) is 21.4. The smallest absolute Gasteiger partial charge is 0.323 e. The lowest BCUT2D eigenvalue weighted by molar-refractivity contribution is -0.138. The fraction of sp³-hybridized carbons (Fsp3) is 0.385. The zero-order chi connectivity index (χ0) is 34.2. The maximum Gasteiger partial charge on any atom is 0.323 e. The average molecular weight is 716 g/mol. The highest BCUT2D eigenvalue weighted by Crippen LogP contribution is 2.35. The molecule has 20 heteroatoms. The second-order valence-electron chi connectivity index (χ2n) is 10.3. The number of imidazole rings is 1. The maximum absolute atomic E-state index is 13.7. The Labute approximate surface area is 274 Å². The van der Waals surface area contributed by atoms with Gasteiger partial charge in [-0.2, -0.15) is 8.42 Å². The minimum atomic E-state index is -4.10. The molecule has 4 heterocycles. The number of carbonyl (C=O) groups excluding carboxylic acids is 1. The van der Waals surface area contributed by atoms with Gasteiger partial charge in [0.1, 0.15) is 27.7 Å². The molecule has 0 aromatic carbocycles. The van der Waals surface area contributed by atoms with Crippen LogP contribution in [0, 0.1) is 10.9 Å². The van der Waals surface area contributed by atoms with Gasteiger partial charge in [-0.1, -0.05) is 24.0 Å². The molecule has 2 aliphatic rings. The van der Waals surface area contributed by atoms with E-state index in [9.17, 15) is 42.6 Å². The highest BCUT2D eigenvalue weighted by molar-refractivity contribution is 8.30. The number of nitrogens with zero attached hydrogens (tertiary/aromatic N) is 5. The molecule has 0 radical (unpaired) electrons. The third-order valence-corrected chi connectivity index (χ3v) is 10.3. The Morgan fingerprint density at radius 1 is 1.04 bits per heavy atom. The van der Waals surface area contributed by atoms with Gasteiger partial charge in [0.05, 0.1) is 10.8 Å². The number of hydrogen-bond acceptors (Lipinski definition) is 12. The summed E-state index contributed by atoms with van der Waals surface area (Å²) < 4.78 is 39.9. The van der Waals surface area contributed by atoms with Gasteiger partial charge < -0.3 is 24.1 Å². The second kappa shape index (κ2) is 13.5. The number of allylic oxidation sites excluding steroid dienone is 2. The number of hydrogen-bond donors (Lipinski definition) is 3. The summed E-state index contributed by atoms with van der Waals surface area (Å²) in [6.07, 6.45) is 2.29. The van der Waals surface area contributed by atoms with E-state index in [0.717, 1.165) is 31.5 Å². The average Bonchev–Trinajstić information content (AvgIpc) is 3.60. The molecule has 0 aliphatic carbocycles. The number of aliphatic carboxylic acids is 2. The zero-order valence-electron chi connectivity index (χ0n) is 24.9. The quantitative estimate of drug-likeness (QED) is 0.162. The summed E-state index contributed by atoms with van der Waals surface area (Å²) in [5.74, 6) is -3.80. The number of rotatable bonds is 10. The summed E-state index contributed by atoms with van der Waals surface area (Å²) in [4.78, 5) is 66.7. The third-order valence-electron chi connectivity index (χ3n) is 6.97. The van der Waals surface area contributed by atoms with Crippen LogP contribution in [-0.2, 0) is 44.6 Å². The lowest BCUT2D eigenvalue weighted by Crippen LogP contribution is -2.34. The molecule has 0 bridgehead atoms. The molecule has 46 heavy (non-hydrogen) atoms. The Bertz CT molecular complexity index is 2190. The number of oxazole rings is 1. The molecule has 248 valence electrons. The lowest BCUT2D eigenvalue weighted by atomic mass is 10.2. The van der Waals surface area contributed by atoms with Crippen molar-refractivity contribution < 1.29 is 42.0 Å². The first-order valence-corrected chi connectivity index (χ1v) is 17.1. The molecule has 2 aromatic rings. The van der Waals surface area contributed by atoms with Crippen molar-refractivity contribution in [1.29, 1.82) is 0 Å². The van der Waals surface area contributed by atoms with E-state index in [1.807, 2.05) is 17.2 Å². The Morgan fingerprint density at radius 2 is 1.67 bits per heavy atom. The molecule has 1 fully saturated rings. The Balaban J connectivity index is 2.02. The molecule has 0 saturated carbocycles. The second-order valence-corrected chi connectivity index (χ2v) is 14.4. The fourth-order valence-corrected chi connectivity index (χ4v) is 7.61. The molecule has 0 atom stereocenters. The summed E-state index contributed by atoms with van der Waals surface area (Å²) >= 11 is 7.28. The number of carboxylic acid groups (broad SMARTS) is 2. The van der Waals surface area contributed by atoms with Gasteiger partial charge in [-0.3, -0.25) is 42.6 Å². The maximum atomic E-state index is 13.7. The number of carboxylic acids is 2. The highest BCUT2D eigenvalue weighted by Gasteiger charge is 2.33. The van der Waals surface area contributed by atoms with E-state index in [1.165, 1.54) is 25.9 Å². The molecule has 0 spiro atoms. The van der Waals surface area contributed by atoms with Crippen LogP contribution in [0.1, 0.15) is 26.7 Å². The molecule has 2 aromatic heterocycles. The van der Waals surface area contributed by atoms with Gasteiger partial charge in [0.25, 0.3) is 21.6 Å². The Morgan fingerprint density at radius 3 is 2.24 bits per heavy atom.